The fourth-order valence-electron chi connectivity index (χ4n) is 4.09. The van der Waals surface area contributed by atoms with E-state index in [1.54, 1.807) is 12.1 Å². The summed E-state index contributed by atoms with van der Waals surface area (Å²) in [5.74, 6) is -1.34. The first kappa shape index (κ1) is 37.7. The first-order valence-electron chi connectivity index (χ1n) is 14.1. The second kappa shape index (κ2) is 23.4. The van der Waals surface area contributed by atoms with Crippen LogP contribution in [0.15, 0.2) is 24.3 Å². The molecule has 7 nitrogen and oxygen atoms in total. The summed E-state index contributed by atoms with van der Waals surface area (Å²) in [5, 5.41) is -1.16. The van der Waals surface area contributed by atoms with Gasteiger partial charge in [-0.25, -0.2) is 18.0 Å². The van der Waals surface area contributed by atoms with Crippen molar-refractivity contribution in [1.82, 2.24) is 0 Å². The van der Waals surface area contributed by atoms with Crippen LogP contribution in [0, 0.1) is 0 Å². The summed E-state index contributed by atoms with van der Waals surface area (Å²) in [5.41, 5.74) is 0.166. The zero-order valence-corrected chi connectivity index (χ0v) is 27.8. The zero-order valence-electron chi connectivity index (χ0n) is 23.9. The Morgan fingerprint density at radius 1 is 0.711 bits per heavy atom. The van der Waals surface area contributed by atoms with Gasteiger partial charge in [-0.3, -0.25) is 0 Å². The smallest absolute Gasteiger partial charge is 0.748 e. The molecule has 0 amide bonds. The van der Waals surface area contributed by atoms with E-state index in [0.717, 1.165) is 19.3 Å². The first-order valence-corrected chi connectivity index (χ1v) is 15.6. The molecule has 0 saturated carbocycles. The van der Waals surface area contributed by atoms with E-state index < -0.39 is 27.3 Å². The van der Waals surface area contributed by atoms with Crippen molar-refractivity contribution in [2.75, 3.05) is 13.2 Å². The van der Waals surface area contributed by atoms with Gasteiger partial charge in [0.05, 0.1) is 34.5 Å². The Hall–Kier alpha value is -0.294. The van der Waals surface area contributed by atoms with Gasteiger partial charge < -0.3 is 14.0 Å². The van der Waals surface area contributed by atoms with Gasteiger partial charge in [-0.15, -0.1) is 0 Å². The summed E-state index contributed by atoms with van der Waals surface area (Å²) < 4.78 is 43.3. The first-order chi connectivity index (χ1) is 17.8. The summed E-state index contributed by atoms with van der Waals surface area (Å²) in [6.45, 7) is 3.57. The van der Waals surface area contributed by atoms with E-state index in [4.69, 9.17) is 9.47 Å². The second-order valence-electron chi connectivity index (χ2n) is 9.86. The van der Waals surface area contributed by atoms with Gasteiger partial charge in [0.25, 0.3) is 0 Å². The molecular formula is C29H47KO7S. The van der Waals surface area contributed by atoms with E-state index in [-0.39, 0.29) is 75.5 Å². The standard InChI is InChI=1S/C29H48O7S.K/c1-3-4-5-6-7-8-9-10-11-12-13-14-15-16-19-23-35-28(30)26-20-17-18-21-27(26)29(31)36-24-22-25(2)37(32,33)34;/h17-18,20-21,25H,3-16,19,22-24H2,1-2H3,(H,32,33,34);/q;+1/p-1. The van der Waals surface area contributed by atoms with E-state index in [2.05, 4.69) is 6.92 Å². The quantitative estimate of drug-likeness (QED) is 0.0878. The van der Waals surface area contributed by atoms with Gasteiger partial charge in [0.15, 0.2) is 0 Å². The Morgan fingerprint density at radius 2 is 1.08 bits per heavy atom. The summed E-state index contributed by atoms with van der Waals surface area (Å²) >= 11 is 0. The van der Waals surface area contributed by atoms with Crippen molar-refractivity contribution < 1.29 is 83.4 Å². The van der Waals surface area contributed by atoms with Crippen molar-refractivity contribution in [3.63, 3.8) is 0 Å². The monoisotopic (exact) mass is 578 g/mol. The maximum atomic E-state index is 12.5. The number of hydrogen-bond donors (Lipinski definition) is 0. The molecule has 38 heavy (non-hydrogen) atoms. The number of carbonyl (C=O) groups is 2. The number of carbonyl (C=O) groups excluding carboxylic acids is 2. The summed E-state index contributed by atoms with van der Waals surface area (Å²) in [6.07, 6.45) is 18.8. The molecule has 0 fully saturated rings. The Bertz CT molecular complexity index is 873. The molecular weight excluding hydrogens is 531 g/mol. The zero-order chi connectivity index (χ0) is 27.4. The van der Waals surface area contributed by atoms with Gasteiger partial charge in [0.1, 0.15) is 0 Å². The van der Waals surface area contributed by atoms with E-state index in [1.807, 2.05) is 0 Å². The average Bonchev–Trinajstić information content (AvgIpc) is 2.87. The molecule has 1 unspecified atom stereocenters. The van der Waals surface area contributed by atoms with Crippen LogP contribution in [0.5, 0.6) is 0 Å². The SMILES string of the molecule is CCCCCCCCCCCCCCCCCOC(=O)c1ccccc1C(=O)OCCC(C)S(=O)(=O)[O-].[K+]. The van der Waals surface area contributed by atoms with Crippen LogP contribution in [0.2, 0.25) is 0 Å². The number of unbranched alkanes of at least 4 members (excludes halogenated alkanes) is 14. The van der Waals surface area contributed by atoms with Gasteiger partial charge >= 0.3 is 63.3 Å². The second-order valence-corrected chi connectivity index (χ2v) is 11.6. The van der Waals surface area contributed by atoms with Crippen LogP contribution in [-0.2, 0) is 19.6 Å². The summed E-state index contributed by atoms with van der Waals surface area (Å²) in [7, 11) is -4.43. The van der Waals surface area contributed by atoms with Gasteiger partial charge in [-0.2, -0.15) is 0 Å². The fourth-order valence-corrected chi connectivity index (χ4v) is 4.48. The maximum Gasteiger partial charge on any atom is 1.00 e. The molecule has 0 bridgehead atoms. The summed E-state index contributed by atoms with van der Waals surface area (Å²) in [4.78, 5) is 24.8. The predicted octanol–water partition coefficient (Wildman–Crippen LogP) is 4.20. The molecule has 212 valence electrons. The van der Waals surface area contributed by atoms with Crippen LogP contribution >= 0.6 is 0 Å². The maximum absolute atomic E-state index is 12.5. The van der Waals surface area contributed by atoms with E-state index in [1.165, 1.54) is 96.1 Å². The van der Waals surface area contributed by atoms with Crippen LogP contribution < -0.4 is 51.4 Å². The van der Waals surface area contributed by atoms with E-state index >= 15 is 0 Å². The summed E-state index contributed by atoms with van der Waals surface area (Å²) in [6, 6.07) is 6.19. The van der Waals surface area contributed by atoms with E-state index in [0.29, 0.717) is 6.61 Å². The van der Waals surface area contributed by atoms with Crippen molar-refractivity contribution in [2.45, 2.75) is 122 Å². The molecule has 1 rings (SSSR count). The third-order valence-corrected chi connectivity index (χ3v) is 7.82. The van der Waals surface area contributed by atoms with Gasteiger partial charge in [0, 0.05) is 5.25 Å². The number of benzene rings is 1. The molecule has 0 spiro atoms. The molecule has 0 aliphatic heterocycles. The minimum atomic E-state index is -4.43. The molecule has 0 radical (unpaired) electrons. The van der Waals surface area contributed by atoms with Crippen LogP contribution in [0.3, 0.4) is 0 Å². The minimum absolute atomic E-state index is 0. The molecule has 0 aromatic heterocycles. The third-order valence-electron chi connectivity index (χ3n) is 6.60. The van der Waals surface area contributed by atoms with Crippen molar-refractivity contribution in [2.24, 2.45) is 0 Å². The Labute approximate surface area is 273 Å². The fraction of sp³-hybridized carbons (Fsp3) is 0.724. The molecule has 0 aliphatic carbocycles. The van der Waals surface area contributed by atoms with Crippen molar-refractivity contribution in [3.8, 4) is 0 Å². The van der Waals surface area contributed by atoms with Crippen LogP contribution in [-0.4, -0.2) is 43.4 Å². The van der Waals surface area contributed by atoms with Gasteiger partial charge in [0.2, 0.25) is 0 Å². The average molecular weight is 579 g/mol. The number of ether oxygens (including phenoxy) is 2. The van der Waals surface area contributed by atoms with Crippen LogP contribution in [0.4, 0.5) is 0 Å². The Morgan fingerprint density at radius 3 is 1.47 bits per heavy atom. The molecule has 1 atom stereocenters. The third kappa shape index (κ3) is 18.1. The van der Waals surface area contributed by atoms with Crippen molar-refractivity contribution >= 4 is 22.1 Å². The number of hydrogen-bond acceptors (Lipinski definition) is 7. The molecule has 0 saturated heterocycles. The predicted molar refractivity (Wildman–Crippen MR) is 146 cm³/mol. The van der Waals surface area contributed by atoms with Crippen molar-refractivity contribution in [3.05, 3.63) is 35.4 Å². The Balaban J connectivity index is 0.0000137. The van der Waals surface area contributed by atoms with Crippen LogP contribution in [0.25, 0.3) is 0 Å². The van der Waals surface area contributed by atoms with E-state index in [9.17, 15) is 22.6 Å². The van der Waals surface area contributed by atoms with Gasteiger partial charge in [-0.05, 0) is 31.9 Å². The number of esters is 2. The molecule has 0 N–H and O–H groups in total. The molecule has 0 heterocycles. The molecule has 1 aromatic carbocycles. The minimum Gasteiger partial charge on any atom is -0.748 e. The number of rotatable bonds is 22. The van der Waals surface area contributed by atoms with Crippen molar-refractivity contribution in [1.29, 1.82) is 0 Å². The largest absolute Gasteiger partial charge is 1.00 e. The molecule has 1 aromatic rings. The molecule has 0 aliphatic rings. The Kier molecular flexibility index (Phi) is 23.2. The molecule has 9 heteroatoms. The van der Waals surface area contributed by atoms with Crippen LogP contribution in [0.1, 0.15) is 137 Å². The topological polar surface area (TPSA) is 110 Å². The normalized spacial score (nSPS) is 12.0. The van der Waals surface area contributed by atoms with Gasteiger partial charge in [-0.1, -0.05) is 109 Å².